The third kappa shape index (κ3) is 6.80. The maximum Gasteiger partial charge on any atom is 0.287 e. The average Bonchev–Trinajstić information content (AvgIpc) is 2.84. The van der Waals surface area contributed by atoms with E-state index in [4.69, 9.17) is 4.74 Å². The average molecular weight is 443 g/mol. The molecule has 3 aromatic carbocycles. The molecule has 33 heavy (non-hydrogen) atoms. The van der Waals surface area contributed by atoms with E-state index in [1.165, 1.54) is 6.21 Å². The number of carbonyl (C=O) groups is 2. The Bertz CT molecular complexity index is 1150. The van der Waals surface area contributed by atoms with Crippen molar-refractivity contribution in [3.63, 3.8) is 0 Å². The second-order valence-electron chi connectivity index (χ2n) is 7.34. The lowest BCUT2D eigenvalue weighted by Crippen LogP contribution is -2.32. The molecule has 0 aliphatic heterocycles. The standard InChI is InChI=1S/C26H26N4O3/c1-30(2)22-14-12-19(13-15-22)17-24(28-25(31)21-9-5-4-6-10-21)26(32)29-27-18-20-8-7-11-23(16-20)33-3/h4-18H,1-3H3,(H,28,31)(H,29,32)/b24-17+,27-18-. The highest BCUT2D eigenvalue weighted by Gasteiger charge is 2.14. The molecule has 0 aliphatic rings. The van der Waals surface area contributed by atoms with Crippen LogP contribution in [0.25, 0.3) is 6.08 Å². The number of anilines is 1. The van der Waals surface area contributed by atoms with Crippen molar-refractivity contribution in [1.29, 1.82) is 0 Å². The van der Waals surface area contributed by atoms with Gasteiger partial charge in [0.2, 0.25) is 0 Å². The van der Waals surface area contributed by atoms with E-state index in [2.05, 4.69) is 15.8 Å². The summed E-state index contributed by atoms with van der Waals surface area (Å²) in [4.78, 5) is 27.5. The summed E-state index contributed by atoms with van der Waals surface area (Å²) in [7, 11) is 5.48. The van der Waals surface area contributed by atoms with Gasteiger partial charge in [0.05, 0.1) is 13.3 Å². The van der Waals surface area contributed by atoms with Crippen LogP contribution < -0.4 is 20.4 Å². The molecule has 0 atom stereocenters. The lowest BCUT2D eigenvalue weighted by Gasteiger charge is -2.12. The van der Waals surface area contributed by atoms with Crippen molar-refractivity contribution < 1.29 is 14.3 Å². The summed E-state index contributed by atoms with van der Waals surface area (Å²) in [5.41, 5.74) is 5.53. The first kappa shape index (κ1) is 23.3. The van der Waals surface area contributed by atoms with Gasteiger partial charge >= 0.3 is 0 Å². The van der Waals surface area contributed by atoms with Crippen LogP contribution in [0.2, 0.25) is 0 Å². The minimum Gasteiger partial charge on any atom is -0.497 e. The monoisotopic (exact) mass is 442 g/mol. The fourth-order valence-corrected chi connectivity index (χ4v) is 2.93. The van der Waals surface area contributed by atoms with E-state index >= 15 is 0 Å². The van der Waals surface area contributed by atoms with Gasteiger partial charge in [-0.25, -0.2) is 5.43 Å². The van der Waals surface area contributed by atoms with E-state index in [1.54, 1.807) is 43.5 Å². The molecule has 168 valence electrons. The number of carbonyl (C=O) groups excluding carboxylic acids is 2. The largest absolute Gasteiger partial charge is 0.497 e. The van der Waals surface area contributed by atoms with Crippen LogP contribution in [-0.2, 0) is 4.79 Å². The third-order valence-corrected chi connectivity index (χ3v) is 4.72. The number of hydrazone groups is 1. The number of amides is 2. The first-order valence-corrected chi connectivity index (χ1v) is 10.3. The van der Waals surface area contributed by atoms with Crippen LogP contribution in [0.5, 0.6) is 5.75 Å². The number of nitrogens with zero attached hydrogens (tertiary/aromatic N) is 2. The molecular weight excluding hydrogens is 416 g/mol. The van der Waals surface area contributed by atoms with Crippen molar-refractivity contribution in [3.8, 4) is 5.75 Å². The molecule has 0 unspecified atom stereocenters. The lowest BCUT2D eigenvalue weighted by atomic mass is 10.1. The molecule has 0 aliphatic carbocycles. The van der Waals surface area contributed by atoms with E-state index in [0.717, 1.165) is 16.8 Å². The molecule has 0 heterocycles. The zero-order valence-electron chi connectivity index (χ0n) is 18.8. The molecule has 0 saturated carbocycles. The normalized spacial score (nSPS) is 11.2. The number of methoxy groups -OCH3 is 1. The summed E-state index contributed by atoms with van der Waals surface area (Å²) in [6.07, 6.45) is 3.11. The quantitative estimate of drug-likeness (QED) is 0.317. The molecule has 2 N–H and O–H groups in total. The van der Waals surface area contributed by atoms with E-state index in [-0.39, 0.29) is 5.70 Å². The zero-order valence-corrected chi connectivity index (χ0v) is 18.8. The number of benzene rings is 3. The molecular formula is C26H26N4O3. The molecule has 0 spiro atoms. The van der Waals surface area contributed by atoms with Crippen LogP contribution in [0.1, 0.15) is 21.5 Å². The molecule has 0 radical (unpaired) electrons. The highest BCUT2D eigenvalue weighted by Crippen LogP contribution is 2.15. The molecule has 3 aromatic rings. The molecule has 0 bridgehead atoms. The van der Waals surface area contributed by atoms with Gasteiger partial charge < -0.3 is 15.0 Å². The Morgan fingerprint density at radius 3 is 2.30 bits per heavy atom. The van der Waals surface area contributed by atoms with E-state index in [1.807, 2.05) is 67.5 Å². The minimum absolute atomic E-state index is 0.0734. The summed E-state index contributed by atoms with van der Waals surface area (Å²) >= 11 is 0. The highest BCUT2D eigenvalue weighted by molar-refractivity contribution is 6.05. The van der Waals surface area contributed by atoms with E-state index < -0.39 is 11.8 Å². The first-order chi connectivity index (χ1) is 16.0. The van der Waals surface area contributed by atoms with Gasteiger partial charge in [0.1, 0.15) is 11.4 Å². The van der Waals surface area contributed by atoms with Crippen LogP contribution in [0.15, 0.2) is 89.7 Å². The molecule has 2 amide bonds. The fraction of sp³-hybridized carbons (Fsp3) is 0.115. The van der Waals surface area contributed by atoms with Gasteiger partial charge in [-0.1, -0.05) is 42.5 Å². The van der Waals surface area contributed by atoms with Gasteiger partial charge in [-0.15, -0.1) is 0 Å². The van der Waals surface area contributed by atoms with Crippen molar-refractivity contribution in [2.45, 2.75) is 0 Å². The van der Waals surface area contributed by atoms with Gasteiger partial charge in [0.25, 0.3) is 11.8 Å². The summed E-state index contributed by atoms with van der Waals surface area (Å²) in [5.74, 6) is -0.254. The molecule has 7 heteroatoms. The maximum atomic E-state index is 12.9. The van der Waals surface area contributed by atoms with Gasteiger partial charge in [-0.2, -0.15) is 5.10 Å². The van der Waals surface area contributed by atoms with Crippen LogP contribution in [0.4, 0.5) is 5.69 Å². The van der Waals surface area contributed by atoms with Crippen molar-refractivity contribution in [3.05, 3.63) is 101 Å². The third-order valence-electron chi connectivity index (χ3n) is 4.72. The predicted molar refractivity (Wildman–Crippen MR) is 131 cm³/mol. The van der Waals surface area contributed by atoms with Crippen LogP contribution >= 0.6 is 0 Å². The van der Waals surface area contributed by atoms with Crippen molar-refractivity contribution in [2.24, 2.45) is 5.10 Å². The lowest BCUT2D eigenvalue weighted by molar-refractivity contribution is -0.117. The Balaban J connectivity index is 1.81. The highest BCUT2D eigenvalue weighted by atomic mass is 16.5. The number of rotatable bonds is 8. The van der Waals surface area contributed by atoms with Crippen molar-refractivity contribution in [2.75, 3.05) is 26.1 Å². The number of ether oxygens (including phenoxy) is 1. The Morgan fingerprint density at radius 1 is 0.909 bits per heavy atom. The minimum atomic E-state index is -0.546. The second-order valence-corrected chi connectivity index (χ2v) is 7.34. The predicted octanol–water partition coefficient (Wildman–Crippen LogP) is 3.68. The number of hydrogen-bond acceptors (Lipinski definition) is 5. The van der Waals surface area contributed by atoms with E-state index in [9.17, 15) is 9.59 Å². The SMILES string of the molecule is COc1cccc(/C=N\NC(=O)/C(=C\c2ccc(N(C)C)cc2)NC(=O)c2ccccc2)c1. The van der Waals surface area contributed by atoms with Crippen LogP contribution in [-0.4, -0.2) is 39.2 Å². The van der Waals surface area contributed by atoms with Gasteiger partial charge in [0, 0.05) is 25.3 Å². The topological polar surface area (TPSA) is 83.0 Å². The number of hydrogen-bond donors (Lipinski definition) is 2. The molecule has 7 nitrogen and oxygen atoms in total. The molecule has 0 fully saturated rings. The second kappa shape index (κ2) is 11.3. The molecule has 0 saturated heterocycles. The summed E-state index contributed by atoms with van der Waals surface area (Å²) < 4.78 is 5.19. The zero-order chi connectivity index (χ0) is 23.6. The molecule has 3 rings (SSSR count). The number of nitrogens with one attached hydrogen (secondary N) is 2. The Hall–Kier alpha value is -4.39. The van der Waals surface area contributed by atoms with Crippen LogP contribution in [0.3, 0.4) is 0 Å². The molecule has 0 aromatic heterocycles. The Labute approximate surface area is 193 Å². The summed E-state index contributed by atoms with van der Waals surface area (Å²) in [6, 6.07) is 23.6. The summed E-state index contributed by atoms with van der Waals surface area (Å²) in [5, 5.41) is 6.71. The fourth-order valence-electron chi connectivity index (χ4n) is 2.93. The van der Waals surface area contributed by atoms with Gasteiger partial charge in [-0.3, -0.25) is 9.59 Å². The Morgan fingerprint density at radius 2 is 1.64 bits per heavy atom. The van der Waals surface area contributed by atoms with Gasteiger partial charge in [-0.05, 0) is 53.6 Å². The van der Waals surface area contributed by atoms with Crippen LogP contribution in [0, 0.1) is 0 Å². The summed E-state index contributed by atoms with van der Waals surface area (Å²) in [6.45, 7) is 0. The van der Waals surface area contributed by atoms with Crippen molar-refractivity contribution in [1.82, 2.24) is 10.7 Å². The smallest absolute Gasteiger partial charge is 0.287 e. The first-order valence-electron chi connectivity index (χ1n) is 10.3. The Kier molecular flexibility index (Phi) is 7.96. The van der Waals surface area contributed by atoms with E-state index in [0.29, 0.717) is 11.3 Å². The maximum absolute atomic E-state index is 12.9. The van der Waals surface area contributed by atoms with Crippen molar-refractivity contribution >= 4 is 29.8 Å². The van der Waals surface area contributed by atoms with Gasteiger partial charge in [0.15, 0.2) is 0 Å².